The van der Waals surface area contributed by atoms with Crippen molar-refractivity contribution in [1.82, 2.24) is 9.71 Å². The first-order chi connectivity index (χ1) is 14.8. The Morgan fingerprint density at radius 3 is 2.32 bits per heavy atom. The number of hydrogen-bond donors (Lipinski definition) is 1. The van der Waals surface area contributed by atoms with Crippen molar-refractivity contribution in [3.05, 3.63) is 71.7 Å². The molecule has 1 aromatic heterocycles. The number of carbonyl (C=O) groups is 2. The molecule has 10 heteroatoms. The molecule has 1 N–H and O–H groups in total. The van der Waals surface area contributed by atoms with E-state index in [-0.39, 0.29) is 17.4 Å². The van der Waals surface area contributed by atoms with Crippen molar-refractivity contribution in [3.8, 4) is 0 Å². The highest BCUT2D eigenvalue weighted by atomic mass is 32.2. The minimum atomic E-state index is -3.84. The molecule has 8 nitrogen and oxygen atoms in total. The molecule has 0 spiro atoms. The molecule has 0 aliphatic carbocycles. The number of amides is 1. The molecule has 1 atom stereocenters. The zero-order chi connectivity index (χ0) is 22.4. The van der Waals surface area contributed by atoms with E-state index in [1.165, 1.54) is 42.2 Å². The summed E-state index contributed by atoms with van der Waals surface area (Å²) in [4.78, 5) is 30.3. The predicted molar refractivity (Wildman–Crippen MR) is 117 cm³/mol. The molecule has 1 unspecified atom stereocenters. The summed E-state index contributed by atoms with van der Waals surface area (Å²) in [5, 5.41) is 2.13. The lowest BCUT2D eigenvalue weighted by Gasteiger charge is -2.17. The van der Waals surface area contributed by atoms with Gasteiger partial charge in [-0.1, -0.05) is 36.4 Å². The number of thiazole rings is 1. The van der Waals surface area contributed by atoms with Gasteiger partial charge in [-0.05, 0) is 31.2 Å². The van der Waals surface area contributed by atoms with Crippen LogP contribution in [0.5, 0.6) is 0 Å². The predicted octanol–water partition coefficient (Wildman–Crippen LogP) is 3.24. The van der Waals surface area contributed by atoms with Gasteiger partial charge in [0, 0.05) is 12.3 Å². The van der Waals surface area contributed by atoms with Crippen LogP contribution in [-0.2, 0) is 31.0 Å². The SMILES string of the molecule is CC(=O)N(c1ccccc1)c1nc(COC(=O)C(C)NS(=O)(=O)c2ccccc2)cs1. The van der Waals surface area contributed by atoms with Crippen molar-refractivity contribution in [2.75, 3.05) is 4.90 Å². The average Bonchev–Trinajstić information content (AvgIpc) is 3.21. The third-order valence-corrected chi connectivity index (χ3v) is 6.59. The zero-order valence-electron chi connectivity index (χ0n) is 16.9. The topological polar surface area (TPSA) is 106 Å². The Labute approximate surface area is 184 Å². The maximum absolute atomic E-state index is 12.3. The molecule has 0 aliphatic rings. The largest absolute Gasteiger partial charge is 0.458 e. The highest BCUT2D eigenvalue weighted by Gasteiger charge is 2.23. The van der Waals surface area contributed by atoms with Gasteiger partial charge in [0.25, 0.3) is 0 Å². The van der Waals surface area contributed by atoms with Crippen LogP contribution in [0.25, 0.3) is 0 Å². The number of carbonyl (C=O) groups excluding carboxylic acids is 2. The van der Waals surface area contributed by atoms with Gasteiger partial charge in [-0.25, -0.2) is 13.4 Å². The van der Waals surface area contributed by atoms with Crippen molar-refractivity contribution >= 4 is 44.1 Å². The number of hydrogen-bond acceptors (Lipinski definition) is 7. The van der Waals surface area contributed by atoms with E-state index in [1.807, 2.05) is 18.2 Å². The summed E-state index contributed by atoms with van der Waals surface area (Å²) < 4.78 is 32.2. The van der Waals surface area contributed by atoms with Gasteiger partial charge in [0.05, 0.1) is 16.3 Å². The lowest BCUT2D eigenvalue weighted by atomic mass is 10.3. The van der Waals surface area contributed by atoms with Gasteiger partial charge >= 0.3 is 5.97 Å². The quantitative estimate of drug-likeness (QED) is 0.519. The van der Waals surface area contributed by atoms with Gasteiger partial charge in [-0.3, -0.25) is 14.5 Å². The summed E-state index contributed by atoms with van der Waals surface area (Å²) in [5.41, 5.74) is 1.13. The molecule has 0 radical (unpaired) electrons. The smallest absolute Gasteiger partial charge is 0.324 e. The molecule has 0 aliphatic heterocycles. The summed E-state index contributed by atoms with van der Waals surface area (Å²) >= 11 is 1.24. The van der Waals surface area contributed by atoms with Gasteiger partial charge in [0.2, 0.25) is 15.9 Å². The number of para-hydroxylation sites is 1. The molecule has 162 valence electrons. The molecule has 0 fully saturated rings. The van der Waals surface area contributed by atoms with Crippen LogP contribution >= 0.6 is 11.3 Å². The van der Waals surface area contributed by atoms with E-state index in [4.69, 9.17) is 4.74 Å². The molecule has 1 heterocycles. The Morgan fingerprint density at radius 1 is 1.10 bits per heavy atom. The van der Waals surface area contributed by atoms with Crippen molar-refractivity contribution in [2.45, 2.75) is 31.4 Å². The number of ether oxygens (including phenoxy) is 1. The van der Waals surface area contributed by atoms with E-state index in [2.05, 4.69) is 9.71 Å². The van der Waals surface area contributed by atoms with Crippen molar-refractivity contribution in [2.24, 2.45) is 0 Å². The van der Waals surface area contributed by atoms with Crippen LogP contribution in [0, 0.1) is 0 Å². The zero-order valence-corrected chi connectivity index (χ0v) is 18.5. The Bertz CT molecular complexity index is 1150. The first kappa shape index (κ1) is 22.6. The van der Waals surface area contributed by atoms with Crippen LogP contribution in [0.4, 0.5) is 10.8 Å². The summed E-state index contributed by atoms with van der Waals surface area (Å²) in [6.07, 6.45) is 0. The molecule has 0 bridgehead atoms. The van der Waals surface area contributed by atoms with Crippen molar-refractivity contribution in [1.29, 1.82) is 0 Å². The van der Waals surface area contributed by atoms with E-state index in [0.29, 0.717) is 16.5 Å². The van der Waals surface area contributed by atoms with E-state index in [0.717, 1.165) is 0 Å². The van der Waals surface area contributed by atoms with Crippen LogP contribution in [0.15, 0.2) is 70.9 Å². The van der Waals surface area contributed by atoms with Gasteiger partial charge in [-0.15, -0.1) is 11.3 Å². The molecule has 1 amide bonds. The number of anilines is 2. The summed E-state index contributed by atoms with van der Waals surface area (Å²) in [7, 11) is -3.84. The van der Waals surface area contributed by atoms with Crippen LogP contribution in [0.1, 0.15) is 19.5 Å². The first-order valence-corrected chi connectivity index (χ1v) is 11.7. The second-order valence-corrected chi connectivity index (χ2v) is 9.13. The maximum Gasteiger partial charge on any atom is 0.324 e. The number of aromatic nitrogens is 1. The second kappa shape index (κ2) is 9.82. The van der Waals surface area contributed by atoms with Gasteiger partial charge in [0.15, 0.2) is 5.13 Å². The molecule has 31 heavy (non-hydrogen) atoms. The number of nitrogens with zero attached hydrogens (tertiary/aromatic N) is 2. The summed E-state index contributed by atoms with van der Waals surface area (Å²) in [6, 6.07) is 15.8. The average molecular weight is 460 g/mol. The third-order valence-electron chi connectivity index (χ3n) is 4.16. The van der Waals surface area contributed by atoms with E-state index in [1.54, 1.807) is 35.7 Å². The van der Waals surface area contributed by atoms with Crippen LogP contribution in [0.2, 0.25) is 0 Å². The van der Waals surface area contributed by atoms with E-state index >= 15 is 0 Å². The van der Waals surface area contributed by atoms with Crippen LogP contribution in [-0.4, -0.2) is 31.3 Å². The first-order valence-electron chi connectivity index (χ1n) is 9.32. The van der Waals surface area contributed by atoms with Gasteiger partial charge in [-0.2, -0.15) is 4.72 Å². The second-order valence-electron chi connectivity index (χ2n) is 6.58. The van der Waals surface area contributed by atoms with E-state index < -0.39 is 22.0 Å². The van der Waals surface area contributed by atoms with Crippen LogP contribution in [0.3, 0.4) is 0 Å². The number of benzene rings is 2. The maximum atomic E-state index is 12.3. The van der Waals surface area contributed by atoms with E-state index in [9.17, 15) is 18.0 Å². The van der Waals surface area contributed by atoms with Crippen molar-refractivity contribution < 1.29 is 22.7 Å². The fraction of sp³-hybridized carbons (Fsp3) is 0.190. The molecule has 3 aromatic rings. The normalized spacial score (nSPS) is 12.2. The highest BCUT2D eigenvalue weighted by molar-refractivity contribution is 7.89. The fourth-order valence-electron chi connectivity index (χ4n) is 2.69. The fourth-order valence-corrected chi connectivity index (χ4v) is 4.77. The van der Waals surface area contributed by atoms with Crippen molar-refractivity contribution in [3.63, 3.8) is 0 Å². The Morgan fingerprint density at radius 2 is 1.71 bits per heavy atom. The number of esters is 1. The Kier molecular flexibility index (Phi) is 7.16. The molecule has 3 rings (SSSR count). The molecular weight excluding hydrogens is 438 g/mol. The van der Waals surface area contributed by atoms with Crippen LogP contribution < -0.4 is 9.62 Å². The standard InChI is InChI=1S/C21H21N3O5S2/c1-15(23-31(27,28)19-11-7-4-8-12-19)20(26)29-13-17-14-30-21(22-17)24(16(2)25)18-9-5-3-6-10-18/h3-12,14-15,23H,13H2,1-2H3. The minimum Gasteiger partial charge on any atom is -0.458 e. The third kappa shape index (κ3) is 5.75. The highest BCUT2D eigenvalue weighted by Crippen LogP contribution is 2.28. The number of rotatable bonds is 8. The lowest BCUT2D eigenvalue weighted by molar-refractivity contribution is -0.146. The van der Waals surface area contributed by atoms with Gasteiger partial charge in [0.1, 0.15) is 12.6 Å². The summed E-state index contributed by atoms with van der Waals surface area (Å²) in [5.74, 6) is -0.937. The Balaban J connectivity index is 1.62. The molecule has 0 saturated carbocycles. The van der Waals surface area contributed by atoms with Gasteiger partial charge < -0.3 is 4.74 Å². The molecule has 2 aromatic carbocycles. The minimum absolute atomic E-state index is 0.0593. The summed E-state index contributed by atoms with van der Waals surface area (Å²) in [6.45, 7) is 2.70. The Hall–Kier alpha value is -3.08. The number of sulfonamides is 1. The lowest BCUT2D eigenvalue weighted by Crippen LogP contribution is -2.39. The number of nitrogens with one attached hydrogen (secondary N) is 1. The molecular formula is C21H21N3O5S2. The monoisotopic (exact) mass is 459 g/mol. The molecule has 0 saturated heterocycles.